The highest BCUT2D eigenvalue weighted by Gasteiger charge is 2.08. The number of alkyl halides is 1. The average Bonchev–Trinajstić information content (AvgIpc) is 2.67. The summed E-state index contributed by atoms with van der Waals surface area (Å²) in [5.41, 5.74) is 2.08. The van der Waals surface area contributed by atoms with Crippen molar-refractivity contribution in [3.63, 3.8) is 0 Å². The third-order valence-corrected chi connectivity index (χ3v) is 3.68. The number of fused-ring (bicyclic) bond motifs is 1. The lowest BCUT2D eigenvalue weighted by molar-refractivity contribution is -0.113. The standard InChI is InChI=1S/C19H15ClN4O2/c1-2-8-26-15-5-3-4-13(9-15)24-19-16-10-14(23-18(25)11-20)12-22-17(16)6-7-21-19/h1,3-7,9-10,12H,8,11H2,(H,21,24)(H,23,25). The number of nitrogens with one attached hydrogen (secondary N) is 2. The van der Waals surface area contributed by atoms with Crippen LogP contribution in [0.1, 0.15) is 0 Å². The molecule has 130 valence electrons. The number of halogens is 1. The van der Waals surface area contributed by atoms with Gasteiger partial charge in [0.25, 0.3) is 0 Å². The Morgan fingerprint density at radius 3 is 2.92 bits per heavy atom. The van der Waals surface area contributed by atoms with Gasteiger partial charge in [-0.1, -0.05) is 12.0 Å². The molecule has 0 bridgehead atoms. The molecular weight excluding hydrogens is 352 g/mol. The maximum absolute atomic E-state index is 11.5. The summed E-state index contributed by atoms with van der Waals surface area (Å²) in [6, 6.07) is 11.0. The normalized spacial score (nSPS) is 10.2. The molecule has 1 amide bonds. The van der Waals surface area contributed by atoms with Crippen molar-refractivity contribution in [2.75, 3.05) is 23.1 Å². The summed E-state index contributed by atoms with van der Waals surface area (Å²) in [4.78, 5) is 20.2. The molecule has 6 nitrogen and oxygen atoms in total. The minimum atomic E-state index is -0.301. The molecule has 0 atom stereocenters. The molecule has 0 aliphatic carbocycles. The Balaban J connectivity index is 1.91. The van der Waals surface area contributed by atoms with Crippen molar-refractivity contribution >= 4 is 45.6 Å². The maximum Gasteiger partial charge on any atom is 0.239 e. The second-order valence-corrected chi connectivity index (χ2v) is 5.54. The fraction of sp³-hybridized carbons (Fsp3) is 0.105. The van der Waals surface area contributed by atoms with Crippen LogP contribution in [0.4, 0.5) is 17.2 Å². The third-order valence-electron chi connectivity index (χ3n) is 3.43. The smallest absolute Gasteiger partial charge is 0.239 e. The van der Waals surface area contributed by atoms with E-state index in [1.54, 1.807) is 24.5 Å². The van der Waals surface area contributed by atoms with Gasteiger partial charge in [0.05, 0.1) is 17.4 Å². The van der Waals surface area contributed by atoms with E-state index in [1.807, 2.05) is 24.3 Å². The van der Waals surface area contributed by atoms with E-state index in [-0.39, 0.29) is 18.4 Å². The van der Waals surface area contributed by atoms with Gasteiger partial charge in [-0.15, -0.1) is 18.0 Å². The number of hydrogen-bond donors (Lipinski definition) is 2. The summed E-state index contributed by atoms with van der Waals surface area (Å²) >= 11 is 5.53. The summed E-state index contributed by atoms with van der Waals surface area (Å²) in [6.45, 7) is 0.198. The minimum Gasteiger partial charge on any atom is -0.481 e. The van der Waals surface area contributed by atoms with Crippen molar-refractivity contribution in [2.24, 2.45) is 0 Å². The SMILES string of the molecule is C#CCOc1cccc(Nc2nccc3ncc(NC(=O)CCl)cc23)c1. The molecule has 7 heteroatoms. The van der Waals surface area contributed by atoms with E-state index in [0.29, 0.717) is 17.3 Å². The summed E-state index contributed by atoms with van der Waals surface area (Å²) in [6.07, 6.45) is 8.45. The van der Waals surface area contributed by atoms with E-state index in [9.17, 15) is 4.79 Å². The van der Waals surface area contributed by atoms with Gasteiger partial charge in [-0.2, -0.15) is 0 Å². The molecule has 0 spiro atoms. The molecule has 0 saturated carbocycles. The number of benzene rings is 1. The second kappa shape index (κ2) is 8.19. The lowest BCUT2D eigenvalue weighted by atomic mass is 10.2. The zero-order valence-electron chi connectivity index (χ0n) is 13.7. The molecule has 0 aliphatic heterocycles. The van der Waals surface area contributed by atoms with Crippen LogP contribution < -0.4 is 15.4 Å². The maximum atomic E-state index is 11.5. The number of aromatic nitrogens is 2. The van der Waals surface area contributed by atoms with Gasteiger partial charge in [0.1, 0.15) is 24.1 Å². The van der Waals surface area contributed by atoms with Gasteiger partial charge >= 0.3 is 0 Å². The fourth-order valence-corrected chi connectivity index (χ4v) is 2.40. The lowest BCUT2D eigenvalue weighted by Crippen LogP contribution is -2.12. The highest BCUT2D eigenvalue weighted by atomic mass is 35.5. The molecule has 1 aromatic carbocycles. The first-order valence-electron chi connectivity index (χ1n) is 7.73. The van der Waals surface area contributed by atoms with Gasteiger partial charge in [-0.3, -0.25) is 9.78 Å². The van der Waals surface area contributed by atoms with E-state index in [1.165, 1.54) is 0 Å². The molecule has 2 N–H and O–H groups in total. The summed E-state index contributed by atoms with van der Waals surface area (Å²) in [7, 11) is 0. The van der Waals surface area contributed by atoms with E-state index >= 15 is 0 Å². The van der Waals surface area contributed by atoms with E-state index in [2.05, 4.69) is 26.5 Å². The second-order valence-electron chi connectivity index (χ2n) is 5.28. The Bertz CT molecular complexity index is 985. The van der Waals surface area contributed by atoms with Crippen molar-refractivity contribution in [1.82, 2.24) is 9.97 Å². The van der Waals surface area contributed by atoms with E-state index < -0.39 is 0 Å². The number of carbonyl (C=O) groups excluding carboxylic acids is 1. The highest BCUT2D eigenvalue weighted by molar-refractivity contribution is 6.29. The number of pyridine rings is 2. The Kier molecular flexibility index (Phi) is 5.52. The van der Waals surface area contributed by atoms with E-state index in [0.717, 1.165) is 16.6 Å². The minimum absolute atomic E-state index is 0.124. The molecule has 2 aromatic heterocycles. The number of terminal acetylenes is 1. The summed E-state index contributed by atoms with van der Waals surface area (Å²) in [5, 5.41) is 6.68. The van der Waals surface area contributed by atoms with Gasteiger partial charge < -0.3 is 15.4 Å². The first-order valence-corrected chi connectivity index (χ1v) is 8.27. The van der Waals surface area contributed by atoms with E-state index in [4.69, 9.17) is 22.8 Å². The van der Waals surface area contributed by atoms with Crippen molar-refractivity contribution in [3.8, 4) is 18.1 Å². The fourth-order valence-electron chi connectivity index (χ4n) is 2.34. The molecule has 0 saturated heterocycles. The molecule has 0 fully saturated rings. The molecule has 3 rings (SSSR count). The topological polar surface area (TPSA) is 76.1 Å². The zero-order valence-corrected chi connectivity index (χ0v) is 14.5. The monoisotopic (exact) mass is 366 g/mol. The highest BCUT2D eigenvalue weighted by Crippen LogP contribution is 2.27. The summed E-state index contributed by atoms with van der Waals surface area (Å²) in [5.74, 6) is 3.26. The number of carbonyl (C=O) groups is 1. The van der Waals surface area contributed by atoms with Crippen LogP contribution >= 0.6 is 11.6 Å². The van der Waals surface area contributed by atoms with Crippen LogP contribution in [0.25, 0.3) is 10.9 Å². The predicted molar refractivity (Wildman–Crippen MR) is 103 cm³/mol. The summed E-state index contributed by atoms with van der Waals surface area (Å²) < 4.78 is 5.43. The molecule has 0 radical (unpaired) electrons. The van der Waals surface area contributed by atoms with Crippen LogP contribution in [0.5, 0.6) is 5.75 Å². The van der Waals surface area contributed by atoms with Gasteiger partial charge in [0.2, 0.25) is 5.91 Å². The predicted octanol–water partition coefficient (Wildman–Crippen LogP) is 3.56. The van der Waals surface area contributed by atoms with Crippen molar-refractivity contribution in [1.29, 1.82) is 0 Å². The molecule has 2 heterocycles. The first-order chi connectivity index (χ1) is 12.7. The van der Waals surface area contributed by atoms with Crippen LogP contribution in [0.2, 0.25) is 0 Å². The number of anilines is 3. The Hall–Kier alpha value is -3.30. The first kappa shape index (κ1) is 17.5. The largest absolute Gasteiger partial charge is 0.481 e. The average molecular weight is 367 g/mol. The number of rotatable bonds is 6. The number of amides is 1. The Morgan fingerprint density at radius 1 is 1.23 bits per heavy atom. The number of nitrogens with zero attached hydrogens (tertiary/aromatic N) is 2. The van der Waals surface area contributed by atoms with Gasteiger partial charge in [0, 0.05) is 23.3 Å². The molecule has 26 heavy (non-hydrogen) atoms. The molecular formula is C19H15ClN4O2. The third kappa shape index (κ3) is 4.21. The molecule has 0 unspecified atom stereocenters. The van der Waals surface area contributed by atoms with Crippen molar-refractivity contribution < 1.29 is 9.53 Å². The number of hydrogen-bond acceptors (Lipinski definition) is 5. The van der Waals surface area contributed by atoms with Crippen LogP contribution in [0, 0.1) is 12.3 Å². The zero-order chi connectivity index (χ0) is 18.4. The van der Waals surface area contributed by atoms with Gasteiger partial charge in [-0.25, -0.2) is 4.98 Å². The van der Waals surface area contributed by atoms with Crippen molar-refractivity contribution in [3.05, 3.63) is 48.8 Å². The Labute approximate surface area is 155 Å². The van der Waals surface area contributed by atoms with Crippen LogP contribution in [-0.2, 0) is 4.79 Å². The molecule has 0 aliphatic rings. The molecule has 3 aromatic rings. The van der Waals surface area contributed by atoms with Gasteiger partial charge in [0.15, 0.2) is 0 Å². The van der Waals surface area contributed by atoms with Crippen molar-refractivity contribution in [2.45, 2.75) is 0 Å². The van der Waals surface area contributed by atoms with Crippen LogP contribution in [0.3, 0.4) is 0 Å². The van der Waals surface area contributed by atoms with Gasteiger partial charge in [-0.05, 0) is 24.3 Å². The Morgan fingerprint density at radius 2 is 2.12 bits per heavy atom. The number of ether oxygens (including phenoxy) is 1. The lowest BCUT2D eigenvalue weighted by Gasteiger charge is -2.11. The van der Waals surface area contributed by atoms with Crippen LogP contribution in [0.15, 0.2) is 48.8 Å². The quantitative estimate of drug-likeness (QED) is 0.515. The van der Waals surface area contributed by atoms with Crippen LogP contribution in [-0.4, -0.2) is 28.4 Å².